The number of nitrogens with two attached hydrogens (primary N) is 1. The Bertz CT molecular complexity index is 1010. The molecule has 0 aliphatic carbocycles. The molecule has 0 atom stereocenters. The Kier molecular flexibility index (Phi) is 6.14. The molecule has 0 spiro atoms. The van der Waals surface area contributed by atoms with E-state index in [0.29, 0.717) is 24.6 Å². The first-order valence-electron chi connectivity index (χ1n) is 8.88. The number of hydrogen-bond donors (Lipinski definition) is 3. The maximum atomic E-state index is 12.6. The van der Waals surface area contributed by atoms with Gasteiger partial charge < -0.3 is 15.4 Å². The predicted molar refractivity (Wildman–Crippen MR) is 103 cm³/mol. The van der Waals surface area contributed by atoms with Crippen molar-refractivity contribution in [3.63, 3.8) is 0 Å². The molecule has 2 aromatic heterocycles. The maximum absolute atomic E-state index is 12.6. The Hall–Kier alpha value is -3.80. The minimum absolute atomic E-state index is 0.0439. The van der Waals surface area contributed by atoms with Crippen LogP contribution in [0.1, 0.15) is 28.7 Å². The fourth-order valence-electron chi connectivity index (χ4n) is 2.57. The van der Waals surface area contributed by atoms with Crippen LogP contribution >= 0.6 is 0 Å². The van der Waals surface area contributed by atoms with Crippen LogP contribution in [0, 0.1) is 0 Å². The topological polar surface area (TPSA) is 151 Å². The smallest absolute Gasteiger partial charge is 0.294 e. The van der Waals surface area contributed by atoms with Crippen LogP contribution in [0.3, 0.4) is 0 Å². The number of aromatic nitrogens is 5. The van der Waals surface area contributed by atoms with E-state index in [2.05, 4.69) is 35.8 Å². The number of para-hydroxylation sites is 1. The monoisotopic (exact) mass is 400 g/mol. The van der Waals surface area contributed by atoms with Gasteiger partial charge in [0, 0.05) is 5.56 Å². The summed E-state index contributed by atoms with van der Waals surface area (Å²) in [5.74, 6) is 0.363. The summed E-state index contributed by atoms with van der Waals surface area (Å²) in [6.07, 6.45) is 1.50. The highest BCUT2D eigenvalue weighted by atomic mass is 16.6. The van der Waals surface area contributed by atoms with E-state index in [-0.39, 0.29) is 17.3 Å². The van der Waals surface area contributed by atoms with E-state index in [1.54, 1.807) is 0 Å². The number of carbonyl (C=O) groups excluding carboxylic acids is 1. The summed E-state index contributed by atoms with van der Waals surface area (Å²) >= 11 is 0. The first-order chi connectivity index (χ1) is 14.0. The normalized spacial score (nSPS) is 11.3. The average molecular weight is 400 g/mol. The summed E-state index contributed by atoms with van der Waals surface area (Å²) < 4.78 is 11.5. The van der Waals surface area contributed by atoms with Crippen molar-refractivity contribution < 1.29 is 19.1 Å². The van der Waals surface area contributed by atoms with Gasteiger partial charge in [0.05, 0.1) is 26.9 Å². The molecule has 152 valence electrons. The van der Waals surface area contributed by atoms with Gasteiger partial charge in [-0.15, -0.1) is 5.10 Å². The molecule has 12 heteroatoms. The number of anilines is 1. The zero-order chi connectivity index (χ0) is 20.8. The number of amides is 1. The van der Waals surface area contributed by atoms with Crippen molar-refractivity contribution in [2.45, 2.75) is 13.5 Å². The number of ether oxygens (including phenoxy) is 1. The minimum atomic E-state index is -0.521. The van der Waals surface area contributed by atoms with E-state index in [1.807, 2.05) is 45.3 Å². The lowest BCUT2D eigenvalue weighted by Crippen LogP contribution is -3.04. The SMILES string of the molecule is CCOc1ccccc1/C=N\NC(=O)c1nnn(-c2nonc2N)c1C[NH+](C)C. The molecule has 4 N–H and O–H groups in total. The third-order valence-corrected chi connectivity index (χ3v) is 3.78. The summed E-state index contributed by atoms with van der Waals surface area (Å²) in [6.45, 7) is 2.85. The van der Waals surface area contributed by atoms with Crippen molar-refractivity contribution >= 4 is 17.9 Å². The highest BCUT2D eigenvalue weighted by Gasteiger charge is 2.25. The quantitative estimate of drug-likeness (QED) is 0.323. The van der Waals surface area contributed by atoms with Gasteiger partial charge in [0.1, 0.15) is 18.0 Å². The van der Waals surface area contributed by atoms with Gasteiger partial charge in [-0.3, -0.25) is 4.79 Å². The Labute approximate surface area is 166 Å². The predicted octanol–water partition coefficient (Wildman–Crippen LogP) is -0.960. The molecule has 2 heterocycles. The molecule has 0 bridgehead atoms. The van der Waals surface area contributed by atoms with Crippen molar-refractivity contribution in [1.29, 1.82) is 0 Å². The molecule has 0 aliphatic heterocycles. The van der Waals surface area contributed by atoms with Crippen LogP contribution in [0.4, 0.5) is 5.82 Å². The Balaban J connectivity index is 1.82. The van der Waals surface area contributed by atoms with Crippen LogP contribution in [0.15, 0.2) is 34.0 Å². The van der Waals surface area contributed by atoms with Crippen molar-refractivity contribution in [2.24, 2.45) is 5.10 Å². The van der Waals surface area contributed by atoms with Crippen molar-refractivity contribution in [3.05, 3.63) is 41.2 Å². The molecular formula is C17H22N9O3+. The second-order valence-electron chi connectivity index (χ2n) is 6.32. The zero-order valence-corrected chi connectivity index (χ0v) is 16.3. The van der Waals surface area contributed by atoms with Crippen molar-refractivity contribution in [3.8, 4) is 11.6 Å². The van der Waals surface area contributed by atoms with Crippen LogP contribution in [-0.2, 0) is 6.54 Å². The number of nitrogens with zero attached hydrogens (tertiary/aromatic N) is 6. The molecule has 0 saturated carbocycles. The van der Waals surface area contributed by atoms with Crippen LogP contribution in [0.25, 0.3) is 5.82 Å². The molecule has 0 unspecified atom stereocenters. The molecule has 1 amide bonds. The first kappa shape index (κ1) is 19.9. The molecule has 3 aromatic rings. The number of hydrazone groups is 1. The Morgan fingerprint density at radius 2 is 2.17 bits per heavy atom. The summed E-state index contributed by atoms with van der Waals surface area (Å²) in [6, 6.07) is 7.37. The average Bonchev–Trinajstić information content (AvgIpc) is 3.28. The van der Waals surface area contributed by atoms with Crippen LogP contribution < -0.4 is 20.8 Å². The number of nitrogens with one attached hydrogen (secondary N) is 2. The van der Waals surface area contributed by atoms with Gasteiger partial charge in [0.2, 0.25) is 11.6 Å². The number of benzene rings is 1. The summed E-state index contributed by atoms with van der Waals surface area (Å²) in [7, 11) is 3.85. The summed E-state index contributed by atoms with van der Waals surface area (Å²) in [5.41, 5.74) is 9.54. The highest BCUT2D eigenvalue weighted by Crippen LogP contribution is 2.16. The number of rotatable bonds is 8. The second kappa shape index (κ2) is 8.93. The number of quaternary nitrogens is 1. The van der Waals surface area contributed by atoms with Crippen LogP contribution in [0.2, 0.25) is 0 Å². The van der Waals surface area contributed by atoms with Crippen molar-refractivity contribution in [2.75, 3.05) is 26.4 Å². The van der Waals surface area contributed by atoms with E-state index in [9.17, 15) is 4.79 Å². The summed E-state index contributed by atoms with van der Waals surface area (Å²) in [5, 5.41) is 19.2. The molecule has 0 radical (unpaired) electrons. The fraction of sp³-hybridized carbons (Fsp3) is 0.294. The number of carbonyl (C=O) groups is 1. The Morgan fingerprint density at radius 3 is 2.86 bits per heavy atom. The molecule has 0 fully saturated rings. The lowest BCUT2D eigenvalue weighted by atomic mass is 10.2. The van der Waals surface area contributed by atoms with Gasteiger partial charge in [-0.25, -0.2) is 10.1 Å². The largest absolute Gasteiger partial charge is 0.493 e. The van der Waals surface area contributed by atoms with Gasteiger partial charge >= 0.3 is 0 Å². The molecule has 0 saturated heterocycles. The fourth-order valence-corrected chi connectivity index (χ4v) is 2.57. The third-order valence-electron chi connectivity index (χ3n) is 3.78. The maximum Gasteiger partial charge on any atom is 0.294 e. The van der Waals surface area contributed by atoms with E-state index in [4.69, 9.17) is 10.5 Å². The van der Waals surface area contributed by atoms with Gasteiger partial charge in [-0.2, -0.15) is 9.78 Å². The number of nitrogen functional groups attached to an aromatic ring is 1. The van der Waals surface area contributed by atoms with Gasteiger partial charge in [-0.1, -0.05) is 17.3 Å². The lowest BCUT2D eigenvalue weighted by Gasteiger charge is -2.09. The molecular weight excluding hydrogens is 378 g/mol. The molecule has 1 aromatic carbocycles. The van der Waals surface area contributed by atoms with E-state index in [1.165, 1.54) is 10.9 Å². The van der Waals surface area contributed by atoms with Gasteiger partial charge in [-0.05, 0) is 29.4 Å². The van der Waals surface area contributed by atoms with Crippen molar-refractivity contribution in [1.82, 2.24) is 30.7 Å². The molecule has 3 rings (SSSR count). The Morgan fingerprint density at radius 1 is 1.38 bits per heavy atom. The third kappa shape index (κ3) is 4.55. The molecule has 12 nitrogen and oxygen atoms in total. The van der Waals surface area contributed by atoms with Gasteiger partial charge in [0.15, 0.2) is 5.69 Å². The minimum Gasteiger partial charge on any atom is -0.493 e. The summed E-state index contributed by atoms with van der Waals surface area (Å²) in [4.78, 5) is 13.7. The van der Waals surface area contributed by atoms with Crippen LogP contribution in [0.5, 0.6) is 5.75 Å². The first-order valence-corrected chi connectivity index (χ1v) is 8.88. The number of hydrogen-bond acceptors (Lipinski definition) is 9. The molecule has 0 aliphatic rings. The zero-order valence-electron chi connectivity index (χ0n) is 16.3. The molecule has 29 heavy (non-hydrogen) atoms. The van der Waals surface area contributed by atoms with E-state index in [0.717, 1.165) is 10.5 Å². The van der Waals surface area contributed by atoms with Crippen LogP contribution in [-0.4, -0.2) is 58.1 Å². The second-order valence-corrected chi connectivity index (χ2v) is 6.32. The lowest BCUT2D eigenvalue weighted by molar-refractivity contribution is -0.873. The highest BCUT2D eigenvalue weighted by molar-refractivity contribution is 5.94. The van der Waals surface area contributed by atoms with E-state index >= 15 is 0 Å². The van der Waals surface area contributed by atoms with Gasteiger partial charge in [0.25, 0.3) is 5.91 Å². The standard InChI is InChI=1S/C17H21N9O3/c1-4-28-13-8-6-5-7-11(13)9-19-21-17(27)14-12(10-25(2)3)26(24-20-14)16-15(18)22-29-23-16/h5-9H,4,10H2,1-3H3,(H2,18,22)(H,21,27)/p+1/b19-9-. The van der Waals surface area contributed by atoms with E-state index < -0.39 is 5.91 Å².